The molecule has 6 heteroatoms. The summed E-state index contributed by atoms with van der Waals surface area (Å²) in [6, 6.07) is 4.84. The summed E-state index contributed by atoms with van der Waals surface area (Å²) in [6.07, 6.45) is 2.28. The van der Waals surface area contributed by atoms with Gasteiger partial charge in [-0.15, -0.1) is 0 Å². The number of hydrogen-bond donors (Lipinski definition) is 2. The molecule has 0 bridgehead atoms. The van der Waals surface area contributed by atoms with E-state index in [-0.39, 0.29) is 11.0 Å². The van der Waals surface area contributed by atoms with Crippen LogP contribution in [0.15, 0.2) is 23.1 Å². The third kappa shape index (κ3) is 2.45. The predicted molar refractivity (Wildman–Crippen MR) is 61.0 cm³/mol. The monoisotopic (exact) mass is 242 g/mol. The molecule has 0 atom stereocenters. The Kier molecular flexibility index (Phi) is 2.77. The zero-order valence-corrected chi connectivity index (χ0v) is 9.75. The summed E-state index contributed by atoms with van der Waals surface area (Å²) in [5, 5.41) is 7.91. The second-order valence-electron chi connectivity index (χ2n) is 3.77. The summed E-state index contributed by atoms with van der Waals surface area (Å²) in [5.74, 6) is 0.547. The van der Waals surface area contributed by atoms with Crippen LogP contribution in [0.4, 0.5) is 5.69 Å². The molecule has 2 rings (SSSR count). The number of primary sulfonamides is 1. The van der Waals surface area contributed by atoms with Gasteiger partial charge in [-0.3, -0.25) is 0 Å². The first kappa shape index (κ1) is 11.2. The fraction of sp³-hybridized carbons (Fsp3) is 0.400. The Morgan fingerprint density at radius 2 is 2.12 bits per heavy atom. The number of sulfonamides is 1. The molecule has 0 amide bonds. The summed E-state index contributed by atoms with van der Waals surface area (Å²) >= 11 is 0. The maximum atomic E-state index is 11.3. The minimum atomic E-state index is -3.73. The molecule has 1 aromatic rings. The van der Waals surface area contributed by atoms with E-state index >= 15 is 0 Å². The standard InChI is InChI=1S/C10H14N2O3S/c1-12-9-5-4-8(15-7-2-3-7)6-10(9)16(11,13)14/h4-7,12H,2-3H2,1H3,(H2,11,13,14). The minimum absolute atomic E-state index is 0.0631. The van der Waals surface area contributed by atoms with Crippen LogP contribution in [0.25, 0.3) is 0 Å². The van der Waals surface area contributed by atoms with E-state index in [0.717, 1.165) is 12.8 Å². The molecular weight excluding hydrogens is 228 g/mol. The fourth-order valence-electron chi connectivity index (χ4n) is 1.40. The molecule has 1 fully saturated rings. The second-order valence-corrected chi connectivity index (χ2v) is 5.30. The number of hydrogen-bond acceptors (Lipinski definition) is 4. The van der Waals surface area contributed by atoms with Crippen molar-refractivity contribution in [3.8, 4) is 5.75 Å². The normalized spacial score (nSPS) is 15.9. The van der Waals surface area contributed by atoms with Gasteiger partial charge in [-0.25, -0.2) is 13.6 Å². The highest BCUT2D eigenvalue weighted by Gasteiger charge is 2.24. The van der Waals surface area contributed by atoms with Crippen LogP contribution in [0.2, 0.25) is 0 Å². The minimum Gasteiger partial charge on any atom is -0.490 e. The molecule has 16 heavy (non-hydrogen) atoms. The number of benzene rings is 1. The van der Waals surface area contributed by atoms with E-state index in [1.807, 2.05) is 0 Å². The molecule has 3 N–H and O–H groups in total. The lowest BCUT2D eigenvalue weighted by atomic mass is 10.3. The van der Waals surface area contributed by atoms with E-state index < -0.39 is 10.0 Å². The number of ether oxygens (including phenoxy) is 1. The molecule has 1 aliphatic carbocycles. The van der Waals surface area contributed by atoms with Crippen molar-refractivity contribution in [2.75, 3.05) is 12.4 Å². The maximum absolute atomic E-state index is 11.3. The van der Waals surface area contributed by atoms with Crippen molar-refractivity contribution >= 4 is 15.7 Å². The van der Waals surface area contributed by atoms with Crippen molar-refractivity contribution in [1.82, 2.24) is 0 Å². The van der Waals surface area contributed by atoms with Crippen molar-refractivity contribution in [3.63, 3.8) is 0 Å². The lowest BCUT2D eigenvalue weighted by Gasteiger charge is -2.10. The molecule has 5 nitrogen and oxygen atoms in total. The van der Waals surface area contributed by atoms with Gasteiger partial charge in [-0.2, -0.15) is 0 Å². The Morgan fingerprint density at radius 3 is 2.62 bits per heavy atom. The average molecular weight is 242 g/mol. The molecule has 1 aliphatic rings. The summed E-state index contributed by atoms with van der Waals surface area (Å²) < 4.78 is 28.2. The zero-order valence-electron chi connectivity index (χ0n) is 8.93. The van der Waals surface area contributed by atoms with E-state index in [0.29, 0.717) is 11.4 Å². The molecule has 0 spiro atoms. The fourth-order valence-corrected chi connectivity index (χ4v) is 2.15. The van der Waals surface area contributed by atoms with E-state index in [1.165, 1.54) is 6.07 Å². The lowest BCUT2D eigenvalue weighted by molar-refractivity contribution is 0.302. The van der Waals surface area contributed by atoms with Crippen LogP contribution >= 0.6 is 0 Å². The number of nitrogens with one attached hydrogen (secondary N) is 1. The van der Waals surface area contributed by atoms with Gasteiger partial charge in [0.15, 0.2) is 0 Å². The van der Waals surface area contributed by atoms with E-state index in [2.05, 4.69) is 5.32 Å². The third-order valence-corrected chi connectivity index (χ3v) is 3.31. The highest BCUT2D eigenvalue weighted by molar-refractivity contribution is 7.89. The Morgan fingerprint density at radius 1 is 1.44 bits per heavy atom. The smallest absolute Gasteiger partial charge is 0.240 e. The first-order valence-corrected chi connectivity index (χ1v) is 6.56. The molecule has 1 saturated carbocycles. The number of anilines is 1. The molecule has 0 aromatic heterocycles. The molecule has 0 heterocycles. The molecule has 88 valence electrons. The van der Waals surface area contributed by atoms with Crippen molar-refractivity contribution in [3.05, 3.63) is 18.2 Å². The first-order chi connectivity index (χ1) is 7.50. The van der Waals surface area contributed by atoms with Gasteiger partial charge in [0.25, 0.3) is 0 Å². The van der Waals surface area contributed by atoms with Crippen LogP contribution < -0.4 is 15.2 Å². The van der Waals surface area contributed by atoms with Crippen molar-refractivity contribution < 1.29 is 13.2 Å². The second kappa shape index (κ2) is 3.95. The predicted octanol–water partition coefficient (Wildman–Crippen LogP) is 0.917. The Labute approximate surface area is 94.6 Å². The Hall–Kier alpha value is -1.27. The molecule has 0 unspecified atom stereocenters. The lowest BCUT2D eigenvalue weighted by Crippen LogP contribution is -2.14. The van der Waals surface area contributed by atoms with Crippen molar-refractivity contribution in [2.24, 2.45) is 5.14 Å². The summed E-state index contributed by atoms with van der Waals surface area (Å²) in [4.78, 5) is 0.0631. The average Bonchev–Trinajstić information content (AvgIpc) is 3.00. The van der Waals surface area contributed by atoms with E-state index in [1.54, 1.807) is 19.2 Å². The maximum Gasteiger partial charge on any atom is 0.240 e. The highest BCUT2D eigenvalue weighted by atomic mass is 32.2. The molecule has 0 aliphatic heterocycles. The zero-order chi connectivity index (χ0) is 11.8. The van der Waals surface area contributed by atoms with Gasteiger partial charge in [0.05, 0.1) is 11.8 Å². The SMILES string of the molecule is CNc1ccc(OC2CC2)cc1S(N)(=O)=O. The van der Waals surface area contributed by atoms with Gasteiger partial charge in [0, 0.05) is 13.1 Å². The Balaban J connectivity index is 2.37. The van der Waals surface area contributed by atoms with Gasteiger partial charge >= 0.3 is 0 Å². The molecular formula is C10H14N2O3S. The van der Waals surface area contributed by atoms with Crippen LogP contribution in [-0.2, 0) is 10.0 Å². The largest absolute Gasteiger partial charge is 0.490 e. The third-order valence-electron chi connectivity index (χ3n) is 2.36. The number of nitrogens with two attached hydrogens (primary N) is 1. The quantitative estimate of drug-likeness (QED) is 0.822. The van der Waals surface area contributed by atoms with E-state index in [9.17, 15) is 8.42 Å². The van der Waals surface area contributed by atoms with Gasteiger partial charge in [-0.05, 0) is 25.0 Å². The summed E-state index contributed by atoms with van der Waals surface area (Å²) in [6.45, 7) is 0. The van der Waals surface area contributed by atoms with E-state index in [4.69, 9.17) is 9.88 Å². The van der Waals surface area contributed by atoms with Crippen molar-refractivity contribution in [1.29, 1.82) is 0 Å². The van der Waals surface area contributed by atoms with Crippen LogP contribution in [0, 0.1) is 0 Å². The van der Waals surface area contributed by atoms with Gasteiger partial charge in [0.1, 0.15) is 10.6 Å². The summed E-state index contributed by atoms with van der Waals surface area (Å²) in [7, 11) is -2.08. The first-order valence-electron chi connectivity index (χ1n) is 5.02. The summed E-state index contributed by atoms with van der Waals surface area (Å²) in [5.41, 5.74) is 0.477. The highest BCUT2D eigenvalue weighted by Crippen LogP contribution is 2.30. The van der Waals surface area contributed by atoms with Crippen molar-refractivity contribution in [2.45, 2.75) is 23.8 Å². The number of rotatable bonds is 4. The molecule has 0 radical (unpaired) electrons. The Bertz CT molecular complexity index is 495. The van der Waals surface area contributed by atoms with Gasteiger partial charge < -0.3 is 10.1 Å². The topological polar surface area (TPSA) is 81.4 Å². The molecule has 0 saturated heterocycles. The van der Waals surface area contributed by atoms with Crippen LogP contribution in [0.5, 0.6) is 5.75 Å². The van der Waals surface area contributed by atoms with Crippen LogP contribution in [0.3, 0.4) is 0 Å². The van der Waals surface area contributed by atoms with Crippen LogP contribution in [0.1, 0.15) is 12.8 Å². The van der Waals surface area contributed by atoms with Gasteiger partial charge in [0.2, 0.25) is 10.0 Å². The van der Waals surface area contributed by atoms with Gasteiger partial charge in [-0.1, -0.05) is 0 Å². The van der Waals surface area contributed by atoms with Crippen LogP contribution in [-0.4, -0.2) is 21.6 Å². The molecule has 1 aromatic carbocycles.